The summed E-state index contributed by atoms with van der Waals surface area (Å²) in [6.45, 7) is 2.80. The Morgan fingerprint density at radius 2 is 1.60 bits per heavy atom. The Hall–Kier alpha value is -0.200. The molecule has 0 amide bonds. The van der Waals surface area contributed by atoms with E-state index in [1.807, 2.05) is 0 Å². The number of hydrogen-bond donors (Lipinski definition) is 3. The molecule has 2 atom stereocenters. The van der Waals surface area contributed by atoms with Crippen molar-refractivity contribution in [2.45, 2.75) is 95.7 Å². The first-order valence-electron chi connectivity index (χ1n) is 10.9. The van der Waals surface area contributed by atoms with Crippen LogP contribution < -0.4 is 10.8 Å². The van der Waals surface area contributed by atoms with E-state index in [4.69, 9.17) is 4.84 Å². The predicted octanol–water partition coefficient (Wildman–Crippen LogP) is 3.83. The van der Waals surface area contributed by atoms with Crippen LogP contribution in [-0.4, -0.2) is 42.2 Å². The minimum Gasteiger partial charge on any atom is -0.317 e. The van der Waals surface area contributed by atoms with Crippen molar-refractivity contribution in [3.63, 3.8) is 0 Å². The maximum absolute atomic E-state index is 9.40. The number of nitrogens with zero attached hydrogens (tertiary/aromatic N) is 1. The molecule has 25 heavy (non-hydrogen) atoms. The summed E-state index contributed by atoms with van der Waals surface area (Å²) in [5.74, 6) is 1.44. The van der Waals surface area contributed by atoms with E-state index in [1.165, 1.54) is 64.2 Å². The summed E-state index contributed by atoms with van der Waals surface area (Å²) in [4.78, 5) is 6.43. The first kappa shape index (κ1) is 19.6. The van der Waals surface area contributed by atoms with Crippen molar-refractivity contribution >= 4 is 0 Å². The van der Waals surface area contributed by atoms with E-state index in [0.29, 0.717) is 12.1 Å². The zero-order chi connectivity index (χ0) is 17.3. The van der Waals surface area contributed by atoms with E-state index in [-0.39, 0.29) is 6.04 Å². The first-order chi connectivity index (χ1) is 12.4. The van der Waals surface area contributed by atoms with Crippen LogP contribution in [0.3, 0.4) is 0 Å². The van der Waals surface area contributed by atoms with Gasteiger partial charge < -0.3 is 5.21 Å². The van der Waals surface area contributed by atoms with Crippen LogP contribution in [-0.2, 0) is 4.84 Å². The Kier molecular flexibility index (Phi) is 8.47. The van der Waals surface area contributed by atoms with Crippen LogP contribution in [0.4, 0.5) is 0 Å². The van der Waals surface area contributed by atoms with E-state index in [1.54, 1.807) is 0 Å². The zero-order valence-corrected chi connectivity index (χ0v) is 15.9. The van der Waals surface area contributed by atoms with Crippen molar-refractivity contribution in [3.8, 4) is 0 Å². The van der Waals surface area contributed by atoms with E-state index in [2.05, 4.69) is 15.9 Å². The van der Waals surface area contributed by atoms with Gasteiger partial charge in [0.05, 0.1) is 12.8 Å². The van der Waals surface area contributed by atoms with E-state index < -0.39 is 0 Å². The van der Waals surface area contributed by atoms with Crippen molar-refractivity contribution in [2.24, 2.45) is 11.8 Å². The lowest BCUT2D eigenvalue weighted by molar-refractivity contribution is -0.217. The molecule has 2 saturated carbocycles. The van der Waals surface area contributed by atoms with Crippen molar-refractivity contribution in [1.29, 1.82) is 0 Å². The molecule has 3 aliphatic rings. The van der Waals surface area contributed by atoms with Crippen LogP contribution in [0.5, 0.6) is 0 Å². The molecule has 3 N–H and O–H groups in total. The van der Waals surface area contributed by atoms with Crippen molar-refractivity contribution in [1.82, 2.24) is 15.9 Å². The normalized spacial score (nSPS) is 32.0. The molecule has 0 aromatic carbocycles. The van der Waals surface area contributed by atoms with Crippen molar-refractivity contribution < 1.29 is 10.0 Å². The summed E-state index contributed by atoms with van der Waals surface area (Å²) >= 11 is 0. The second-order valence-corrected chi connectivity index (χ2v) is 8.49. The molecule has 2 aliphatic carbocycles. The lowest BCUT2D eigenvalue weighted by atomic mass is 9.86. The van der Waals surface area contributed by atoms with Gasteiger partial charge in [0.2, 0.25) is 0 Å². The van der Waals surface area contributed by atoms with E-state index in [9.17, 15) is 5.21 Å². The zero-order valence-electron chi connectivity index (χ0n) is 15.9. The van der Waals surface area contributed by atoms with Gasteiger partial charge in [0.25, 0.3) is 0 Å². The number of rotatable bonds is 5. The number of nitrogens with one attached hydrogen (secondary N) is 2. The minimum absolute atomic E-state index is 0.188. The van der Waals surface area contributed by atoms with Gasteiger partial charge in [-0.3, -0.25) is 10.2 Å². The smallest absolute Gasteiger partial charge is 0.0871 e. The summed E-state index contributed by atoms with van der Waals surface area (Å²) in [5, 5.41) is 15.5. The molecule has 0 spiro atoms. The first-order valence-corrected chi connectivity index (χ1v) is 10.9. The molecule has 0 bridgehead atoms. The monoisotopic (exact) mass is 353 g/mol. The Balaban J connectivity index is 1.61. The third-order valence-corrected chi connectivity index (χ3v) is 6.57. The number of hydroxylamine groups is 3. The average molecular weight is 354 g/mol. The van der Waals surface area contributed by atoms with Gasteiger partial charge in [0, 0.05) is 12.6 Å². The molecule has 5 heteroatoms. The molecule has 2 unspecified atom stereocenters. The SMILES string of the molecule is ONC1CCCNC(C2CCCCC2)N(OCC2CCCCC2)CC1. The molecule has 0 radical (unpaired) electrons. The molecule has 1 saturated heterocycles. The van der Waals surface area contributed by atoms with Gasteiger partial charge in [-0.25, -0.2) is 5.48 Å². The van der Waals surface area contributed by atoms with Gasteiger partial charge in [0.15, 0.2) is 0 Å². The highest BCUT2D eigenvalue weighted by atomic mass is 16.7. The number of hydrogen-bond acceptors (Lipinski definition) is 5. The van der Waals surface area contributed by atoms with Crippen molar-refractivity contribution in [3.05, 3.63) is 0 Å². The molecule has 3 fully saturated rings. The summed E-state index contributed by atoms with van der Waals surface area (Å²) in [5.41, 5.74) is 2.51. The molecule has 0 aromatic rings. The van der Waals surface area contributed by atoms with Gasteiger partial charge in [-0.1, -0.05) is 38.5 Å². The third kappa shape index (κ3) is 6.17. The summed E-state index contributed by atoms with van der Waals surface area (Å²) < 4.78 is 0. The molecule has 1 heterocycles. The van der Waals surface area contributed by atoms with Gasteiger partial charge in [-0.15, -0.1) is 0 Å². The fraction of sp³-hybridized carbons (Fsp3) is 1.00. The summed E-state index contributed by atoms with van der Waals surface area (Å²) in [6.07, 6.45) is 17.0. The van der Waals surface area contributed by atoms with Crippen LogP contribution in [0.25, 0.3) is 0 Å². The highest BCUT2D eigenvalue weighted by molar-refractivity contribution is 4.80. The Labute approximate surface area is 153 Å². The van der Waals surface area contributed by atoms with Gasteiger partial charge >= 0.3 is 0 Å². The molecular weight excluding hydrogens is 314 g/mol. The topological polar surface area (TPSA) is 56.8 Å². The Bertz CT molecular complexity index is 357. The molecule has 1 aliphatic heterocycles. The summed E-state index contributed by atoms with van der Waals surface area (Å²) in [7, 11) is 0. The molecule has 0 aromatic heterocycles. The largest absolute Gasteiger partial charge is 0.317 e. The van der Waals surface area contributed by atoms with Crippen LogP contribution in [0.1, 0.15) is 83.5 Å². The highest BCUT2D eigenvalue weighted by Gasteiger charge is 2.31. The fourth-order valence-electron chi connectivity index (χ4n) is 4.95. The second-order valence-electron chi connectivity index (χ2n) is 8.49. The molecule has 3 rings (SSSR count). The highest BCUT2D eigenvalue weighted by Crippen LogP contribution is 2.30. The van der Waals surface area contributed by atoms with E-state index >= 15 is 0 Å². The van der Waals surface area contributed by atoms with Crippen molar-refractivity contribution in [2.75, 3.05) is 19.7 Å². The maximum Gasteiger partial charge on any atom is 0.0871 e. The summed E-state index contributed by atoms with van der Waals surface area (Å²) in [6, 6.07) is 0.188. The molecular formula is C20H39N3O2. The van der Waals surface area contributed by atoms with Gasteiger partial charge in [0.1, 0.15) is 0 Å². The van der Waals surface area contributed by atoms with Crippen LogP contribution >= 0.6 is 0 Å². The van der Waals surface area contributed by atoms with Crippen LogP contribution in [0, 0.1) is 11.8 Å². The average Bonchev–Trinajstić information content (AvgIpc) is 2.78. The molecule has 146 valence electrons. The van der Waals surface area contributed by atoms with E-state index in [0.717, 1.165) is 44.9 Å². The maximum atomic E-state index is 9.40. The standard InChI is InChI=1S/C20H39N3O2/c24-22-19-12-7-14-21-20(18-10-5-2-6-11-18)23(15-13-19)25-16-17-8-3-1-4-9-17/h17-22,24H,1-16H2. The minimum atomic E-state index is 0.188. The second kappa shape index (κ2) is 10.8. The fourth-order valence-corrected chi connectivity index (χ4v) is 4.95. The lowest BCUT2D eigenvalue weighted by Gasteiger charge is -2.39. The van der Waals surface area contributed by atoms with Gasteiger partial charge in [-0.05, 0) is 63.3 Å². The lowest BCUT2D eigenvalue weighted by Crippen LogP contribution is -2.51. The predicted molar refractivity (Wildman–Crippen MR) is 100 cm³/mol. The Morgan fingerprint density at radius 3 is 2.32 bits per heavy atom. The quantitative estimate of drug-likeness (QED) is 0.656. The van der Waals surface area contributed by atoms with Gasteiger partial charge in [-0.2, -0.15) is 5.06 Å². The Morgan fingerprint density at radius 1 is 0.880 bits per heavy atom. The van der Waals surface area contributed by atoms with Crippen LogP contribution in [0.2, 0.25) is 0 Å². The third-order valence-electron chi connectivity index (χ3n) is 6.57. The van der Waals surface area contributed by atoms with Crippen LogP contribution in [0.15, 0.2) is 0 Å². The molecule has 5 nitrogen and oxygen atoms in total.